The number of nitrogens with zero attached hydrogens (tertiary/aromatic N) is 2. The maximum Gasteiger partial charge on any atom is 0.282 e. The van der Waals surface area contributed by atoms with E-state index in [0.717, 1.165) is 29.5 Å². The molecule has 1 aromatic heterocycles. The van der Waals surface area contributed by atoms with Gasteiger partial charge in [0.05, 0.1) is 5.56 Å². The quantitative estimate of drug-likeness (QED) is 0.896. The number of para-hydroxylation sites is 1. The Morgan fingerprint density at radius 2 is 2.08 bits per heavy atom. The summed E-state index contributed by atoms with van der Waals surface area (Å²) in [6.45, 7) is 0. The van der Waals surface area contributed by atoms with E-state index in [-0.39, 0.29) is 5.56 Å². The predicted octanol–water partition coefficient (Wildman–Crippen LogP) is 4.12. The van der Waals surface area contributed by atoms with Crippen molar-refractivity contribution in [3.63, 3.8) is 0 Å². The summed E-state index contributed by atoms with van der Waals surface area (Å²) in [5.74, 6) is 1.51. The monoisotopic (exact) mass is 331 g/mol. The lowest BCUT2D eigenvalue weighted by Crippen LogP contribution is -2.14. The van der Waals surface area contributed by atoms with Crippen molar-refractivity contribution in [2.45, 2.75) is 31.6 Å². The number of amides is 1. The van der Waals surface area contributed by atoms with E-state index in [0.29, 0.717) is 5.92 Å². The molecule has 1 amide bonds. The maximum atomic E-state index is 13.0. The Bertz CT molecular complexity index is 782. The van der Waals surface area contributed by atoms with Crippen LogP contribution in [0.15, 0.2) is 30.5 Å². The first-order chi connectivity index (χ1) is 11.5. The predicted molar refractivity (Wildman–Crippen MR) is 86.1 cm³/mol. The average Bonchev–Trinajstić information content (AvgIpc) is 3.44. The molecule has 2 aromatic rings. The number of nitrogens with one attached hydrogen (secondary N) is 1. The fourth-order valence-corrected chi connectivity index (χ4v) is 3.58. The van der Waals surface area contributed by atoms with Gasteiger partial charge in [0.15, 0.2) is 0 Å². The lowest BCUT2D eigenvalue weighted by molar-refractivity contribution is 0.101. The molecule has 1 aromatic carbocycles. The van der Waals surface area contributed by atoms with Gasteiger partial charge in [-0.15, -0.1) is 0 Å². The summed E-state index contributed by atoms with van der Waals surface area (Å²) in [4.78, 5) is 12.5. The smallest absolute Gasteiger partial charge is 0.282 e. The van der Waals surface area contributed by atoms with Crippen molar-refractivity contribution < 1.29 is 13.6 Å². The van der Waals surface area contributed by atoms with Crippen LogP contribution < -0.4 is 5.32 Å². The lowest BCUT2D eigenvalue weighted by Gasteiger charge is -2.11. The Labute approximate surface area is 138 Å². The molecule has 4 nitrogen and oxygen atoms in total. The molecule has 0 aliphatic heterocycles. The number of aromatic nitrogens is 2. The fourth-order valence-electron chi connectivity index (χ4n) is 3.58. The van der Waals surface area contributed by atoms with Crippen molar-refractivity contribution in [2.75, 3.05) is 5.32 Å². The maximum absolute atomic E-state index is 13.0. The van der Waals surface area contributed by atoms with Crippen LogP contribution in [0.5, 0.6) is 0 Å². The second-order valence-corrected chi connectivity index (χ2v) is 6.79. The molecule has 2 aliphatic rings. The van der Waals surface area contributed by atoms with E-state index < -0.39 is 18.0 Å². The van der Waals surface area contributed by atoms with Gasteiger partial charge < -0.3 is 5.32 Å². The summed E-state index contributed by atoms with van der Waals surface area (Å²) in [6, 6.07) is 7.68. The normalized spacial score (nSPS) is 22.7. The molecule has 126 valence electrons. The number of carbonyl (C=O) groups is 1. The lowest BCUT2D eigenvalue weighted by atomic mass is 10.0. The van der Waals surface area contributed by atoms with E-state index in [1.54, 1.807) is 0 Å². The molecule has 1 unspecified atom stereocenters. The molecule has 2 aliphatic carbocycles. The number of anilines is 1. The highest BCUT2D eigenvalue weighted by Gasteiger charge is 2.48. The van der Waals surface area contributed by atoms with E-state index in [4.69, 9.17) is 0 Å². The summed E-state index contributed by atoms with van der Waals surface area (Å²) >= 11 is 0. The largest absolute Gasteiger partial charge is 0.322 e. The number of benzene rings is 1. The van der Waals surface area contributed by atoms with Crippen molar-refractivity contribution in [3.05, 3.63) is 47.3 Å². The van der Waals surface area contributed by atoms with E-state index in [9.17, 15) is 13.6 Å². The topological polar surface area (TPSA) is 46.9 Å². The van der Waals surface area contributed by atoms with Crippen molar-refractivity contribution in [1.29, 1.82) is 0 Å². The second kappa shape index (κ2) is 5.69. The molecule has 0 bridgehead atoms. The van der Waals surface area contributed by atoms with Crippen LogP contribution in [0.25, 0.3) is 0 Å². The van der Waals surface area contributed by atoms with Crippen LogP contribution in [0.3, 0.4) is 0 Å². The molecule has 0 radical (unpaired) electrons. The van der Waals surface area contributed by atoms with Gasteiger partial charge in [-0.05, 0) is 48.6 Å². The standard InChI is InChI=1S/C18H19F2N3O/c1-23-9-14(16(22-23)17(19)20)18(24)21-15-5-3-2-4-11(15)13-8-12(13)10-6-7-10/h2-5,9-10,12-13,17H,6-8H2,1H3,(H,21,24)/t12-,13?/m0/s1. The van der Waals surface area contributed by atoms with Gasteiger partial charge in [-0.2, -0.15) is 5.10 Å². The molecule has 1 heterocycles. The molecule has 2 saturated carbocycles. The van der Waals surface area contributed by atoms with Crippen LogP contribution in [0.2, 0.25) is 0 Å². The highest BCUT2D eigenvalue weighted by molar-refractivity contribution is 6.05. The first-order valence-electron chi connectivity index (χ1n) is 8.26. The molecule has 0 spiro atoms. The summed E-state index contributed by atoms with van der Waals surface area (Å²) in [5.41, 5.74) is 1.29. The summed E-state index contributed by atoms with van der Waals surface area (Å²) in [7, 11) is 1.53. The number of carbonyl (C=O) groups excluding carboxylic acids is 1. The Kier molecular flexibility index (Phi) is 3.62. The molecule has 6 heteroatoms. The molecule has 0 saturated heterocycles. The van der Waals surface area contributed by atoms with Gasteiger partial charge in [0.25, 0.3) is 12.3 Å². The van der Waals surface area contributed by atoms with Gasteiger partial charge in [0.2, 0.25) is 0 Å². The summed E-state index contributed by atoms with van der Waals surface area (Å²) in [6.07, 6.45) is 2.34. The van der Waals surface area contributed by atoms with Crippen molar-refractivity contribution >= 4 is 11.6 Å². The van der Waals surface area contributed by atoms with Crippen LogP contribution in [-0.2, 0) is 7.05 Å². The van der Waals surface area contributed by atoms with Crippen LogP contribution in [-0.4, -0.2) is 15.7 Å². The van der Waals surface area contributed by atoms with E-state index in [1.807, 2.05) is 24.3 Å². The third kappa shape index (κ3) is 2.81. The Morgan fingerprint density at radius 3 is 2.79 bits per heavy atom. The van der Waals surface area contributed by atoms with Crippen molar-refractivity contribution in [2.24, 2.45) is 18.9 Å². The van der Waals surface area contributed by atoms with Crippen LogP contribution in [0, 0.1) is 11.8 Å². The third-order valence-electron chi connectivity index (χ3n) is 4.98. The third-order valence-corrected chi connectivity index (χ3v) is 4.98. The molecule has 24 heavy (non-hydrogen) atoms. The number of rotatable bonds is 5. The van der Waals surface area contributed by atoms with E-state index in [1.165, 1.54) is 30.8 Å². The number of halogens is 2. The van der Waals surface area contributed by atoms with Crippen molar-refractivity contribution in [1.82, 2.24) is 9.78 Å². The second-order valence-electron chi connectivity index (χ2n) is 6.79. The zero-order valence-electron chi connectivity index (χ0n) is 13.4. The Hall–Kier alpha value is -2.24. The Balaban J connectivity index is 1.56. The number of hydrogen-bond acceptors (Lipinski definition) is 2. The summed E-state index contributed by atoms with van der Waals surface area (Å²) in [5, 5.41) is 6.50. The van der Waals surface area contributed by atoms with Gasteiger partial charge >= 0.3 is 0 Å². The molecular weight excluding hydrogens is 312 g/mol. The Morgan fingerprint density at radius 1 is 1.33 bits per heavy atom. The minimum Gasteiger partial charge on any atom is -0.322 e. The van der Waals surface area contributed by atoms with Gasteiger partial charge in [0, 0.05) is 18.9 Å². The molecule has 2 fully saturated rings. The van der Waals surface area contributed by atoms with E-state index >= 15 is 0 Å². The number of hydrogen-bond donors (Lipinski definition) is 1. The van der Waals surface area contributed by atoms with Gasteiger partial charge in [-0.25, -0.2) is 8.78 Å². The van der Waals surface area contributed by atoms with Gasteiger partial charge in [-0.3, -0.25) is 9.48 Å². The van der Waals surface area contributed by atoms with Crippen LogP contribution in [0.1, 0.15) is 53.2 Å². The van der Waals surface area contributed by atoms with E-state index in [2.05, 4.69) is 10.4 Å². The van der Waals surface area contributed by atoms with Gasteiger partial charge in [0.1, 0.15) is 5.69 Å². The average molecular weight is 331 g/mol. The zero-order chi connectivity index (χ0) is 16.8. The number of aryl methyl sites for hydroxylation is 1. The molecule has 4 rings (SSSR count). The molecular formula is C18H19F2N3O. The highest BCUT2D eigenvalue weighted by Crippen LogP contribution is 2.60. The minimum absolute atomic E-state index is 0.0724. The molecule has 2 atom stereocenters. The number of alkyl halides is 2. The van der Waals surface area contributed by atoms with Crippen molar-refractivity contribution in [3.8, 4) is 0 Å². The zero-order valence-corrected chi connectivity index (χ0v) is 13.4. The summed E-state index contributed by atoms with van der Waals surface area (Å²) < 4.78 is 27.3. The minimum atomic E-state index is -2.77. The van der Waals surface area contributed by atoms with Crippen LogP contribution >= 0.6 is 0 Å². The van der Waals surface area contributed by atoms with Gasteiger partial charge in [-0.1, -0.05) is 18.2 Å². The highest BCUT2D eigenvalue weighted by atomic mass is 19.3. The first-order valence-corrected chi connectivity index (χ1v) is 8.26. The van der Waals surface area contributed by atoms with Crippen LogP contribution in [0.4, 0.5) is 14.5 Å². The molecule has 1 N–H and O–H groups in total. The fraction of sp³-hybridized carbons (Fsp3) is 0.444. The SMILES string of the molecule is Cn1cc(C(=O)Nc2ccccc2C2C[C@H]2C2CC2)c(C(F)F)n1. The first kappa shape index (κ1) is 15.3.